The van der Waals surface area contributed by atoms with E-state index >= 15 is 0 Å². The van der Waals surface area contributed by atoms with Crippen LogP contribution >= 0.6 is 0 Å². The van der Waals surface area contributed by atoms with E-state index in [0.29, 0.717) is 23.9 Å². The van der Waals surface area contributed by atoms with E-state index in [0.717, 1.165) is 54.5 Å². The molecule has 0 atom stereocenters. The molecule has 0 saturated heterocycles. The number of alkyl halides is 3. The van der Waals surface area contributed by atoms with Crippen molar-refractivity contribution in [2.45, 2.75) is 37.9 Å². The van der Waals surface area contributed by atoms with Crippen molar-refractivity contribution in [1.29, 1.82) is 0 Å². The lowest BCUT2D eigenvalue weighted by Gasteiger charge is -2.30. The number of pyridine rings is 1. The summed E-state index contributed by atoms with van der Waals surface area (Å²) < 4.78 is 48.3. The molecule has 37 heavy (non-hydrogen) atoms. The van der Waals surface area contributed by atoms with Gasteiger partial charge in [-0.05, 0) is 54.7 Å². The molecule has 6 rings (SSSR count). The van der Waals surface area contributed by atoms with Crippen LogP contribution in [0.5, 0.6) is 5.88 Å². The van der Waals surface area contributed by atoms with Gasteiger partial charge in [0, 0.05) is 68.5 Å². The molecule has 4 heterocycles. The molecule has 4 aromatic rings. The molecule has 1 aromatic carbocycles. The largest absolute Gasteiger partial charge is 0.480 e. The Morgan fingerprint density at radius 2 is 1.81 bits per heavy atom. The van der Waals surface area contributed by atoms with Gasteiger partial charge in [0.1, 0.15) is 11.5 Å². The molecule has 0 unspecified atom stereocenters. The molecule has 10 heteroatoms. The van der Waals surface area contributed by atoms with Gasteiger partial charge in [0.15, 0.2) is 5.69 Å². The lowest BCUT2D eigenvalue weighted by Crippen LogP contribution is -2.31. The molecule has 1 saturated carbocycles. The van der Waals surface area contributed by atoms with Crippen molar-refractivity contribution in [3.63, 3.8) is 0 Å². The predicted octanol–water partition coefficient (Wildman–Crippen LogP) is 5.35. The maximum atomic E-state index is 13.1. The molecule has 1 aliphatic carbocycles. The van der Waals surface area contributed by atoms with Gasteiger partial charge in [0.05, 0.1) is 12.7 Å². The van der Waals surface area contributed by atoms with Crippen molar-refractivity contribution in [2.24, 2.45) is 14.1 Å². The minimum absolute atomic E-state index is 0.283. The second-order valence-corrected chi connectivity index (χ2v) is 9.73. The monoisotopic (exact) mass is 508 g/mol. The summed E-state index contributed by atoms with van der Waals surface area (Å²) in [4.78, 5) is 10.6. The van der Waals surface area contributed by atoms with Crippen molar-refractivity contribution in [1.82, 2.24) is 24.3 Å². The Morgan fingerprint density at radius 3 is 2.46 bits per heavy atom. The zero-order valence-corrected chi connectivity index (χ0v) is 20.9. The van der Waals surface area contributed by atoms with Gasteiger partial charge in [-0.15, -0.1) is 0 Å². The second kappa shape index (κ2) is 8.64. The highest BCUT2D eigenvalue weighted by Crippen LogP contribution is 2.48. The summed E-state index contributed by atoms with van der Waals surface area (Å²) in [5, 5.41) is 4.92. The molecule has 0 amide bonds. The van der Waals surface area contributed by atoms with E-state index < -0.39 is 11.9 Å². The fourth-order valence-electron chi connectivity index (χ4n) is 5.29. The van der Waals surface area contributed by atoms with E-state index in [4.69, 9.17) is 9.84 Å². The average molecular weight is 509 g/mol. The zero-order valence-electron chi connectivity index (χ0n) is 20.9. The van der Waals surface area contributed by atoms with Gasteiger partial charge < -0.3 is 14.2 Å². The second-order valence-electron chi connectivity index (χ2n) is 9.73. The Labute approximate surface area is 212 Å². The maximum Gasteiger partial charge on any atom is 0.434 e. The smallest absolute Gasteiger partial charge is 0.434 e. The fraction of sp³-hybridized carbons (Fsp3) is 0.370. The number of anilines is 1. The van der Waals surface area contributed by atoms with Gasteiger partial charge in [0.2, 0.25) is 5.88 Å². The summed E-state index contributed by atoms with van der Waals surface area (Å²) >= 11 is 0. The van der Waals surface area contributed by atoms with Crippen LogP contribution in [0.3, 0.4) is 0 Å². The summed E-state index contributed by atoms with van der Waals surface area (Å²) in [5.74, 6) is 1.39. The molecule has 0 N–H and O–H groups in total. The topological polar surface area (TPSA) is 61.0 Å². The minimum Gasteiger partial charge on any atom is -0.480 e. The number of hydrogen-bond donors (Lipinski definition) is 0. The van der Waals surface area contributed by atoms with Gasteiger partial charge in [-0.25, -0.2) is 9.97 Å². The number of hydrogen-bond acceptors (Lipinski definition) is 5. The third-order valence-electron chi connectivity index (χ3n) is 7.30. The number of aromatic nitrogens is 5. The SMILES string of the molecule is COc1nccc(C2CC2)c1-c1nn(C)c2c1CN(c1ccc(-c3nc(C(F)(F)F)cn3C)cc1)CC2. The van der Waals surface area contributed by atoms with E-state index in [1.807, 2.05) is 36.0 Å². The molecule has 1 fully saturated rings. The first-order chi connectivity index (χ1) is 17.7. The van der Waals surface area contributed by atoms with Gasteiger partial charge in [-0.1, -0.05) is 0 Å². The minimum atomic E-state index is -4.47. The van der Waals surface area contributed by atoms with Crippen LogP contribution in [0.2, 0.25) is 0 Å². The molecule has 0 radical (unpaired) electrons. The first kappa shape index (κ1) is 23.6. The maximum absolute atomic E-state index is 13.1. The molecular weight excluding hydrogens is 481 g/mol. The Hall–Kier alpha value is -3.82. The number of fused-ring (bicyclic) bond motifs is 1. The Bertz CT molecular complexity index is 1470. The van der Waals surface area contributed by atoms with Crippen molar-refractivity contribution in [2.75, 3.05) is 18.6 Å². The molecular formula is C27H27F3N6O. The van der Waals surface area contributed by atoms with Crippen LogP contribution in [0, 0.1) is 0 Å². The third-order valence-corrected chi connectivity index (χ3v) is 7.30. The summed E-state index contributed by atoms with van der Waals surface area (Å²) in [6.07, 6.45) is 1.50. The summed E-state index contributed by atoms with van der Waals surface area (Å²) in [6.45, 7) is 1.48. The number of rotatable bonds is 5. The fourth-order valence-corrected chi connectivity index (χ4v) is 5.29. The van der Waals surface area contributed by atoms with Crippen LogP contribution in [0.4, 0.5) is 18.9 Å². The Kier molecular flexibility index (Phi) is 5.50. The molecule has 192 valence electrons. The number of imidazole rings is 1. The van der Waals surface area contributed by atoms with Gasteiger partial charge in [-0.2, -0.15) is 18.3 Å². The normalized spacial score (nSPS) is 15.7. The number of nitrogens with zero attached hydrogens (tertiary/aromatic N) is 6. The van der Waals surface area contributed by atoms with Crippen molar-refractivity contribution >= 4 is 5.69 Å². The lowest BCUT2D eigenvalue weighted by atomic mass is 9.96. The van der Waals surface area contributed by atoms with E-state index in [1.165, 1.54) is 15.8 Å². The van der Waals surface area contributed by atoms with E-state index in [-0.39, 0.29) is 5.82 Å². The quantitative estimate of drug-likeness (QED) is 0.364. The van der Waals surface area contributed by atoms with Crippen LogP contribution in [0.15, 0.2) is 42.7 Å². The molecule has 3 aromatic heterocycles. The molecule has 2 aliphatic rings. The molecule has 7 nitrogen and oxygen atoms in total. The number of halogens is 3. The highest BCUT2D eigenvalue weighted by molar-refractivity contribution is 5.75. The number of methoxy groups -OCH3 is 1. The molecule has 1 aliphatic heterocycles. The van der Waals surface area contributed by atoms with Crippen molar-refractivity contribution in [3.8, 4) is 28.5 Å². The van der Waals surface area contributed by atoms with Crippen LogP contribution in [-0.4, -0.2) is 38.0 Å². The van der Waals surface area contributed by atoms with Gasteiger partial charge in [-0.3, -0.25) is 4.68 Å². The van der Waals surface area contributed by atoms with Crippen molar-refractivity contribution in [3.05, 3.63) is 65.2 Å². The Balaban J connectivity index is 1.32. The first-order valence-corrected chi connectivity index (χ1v) is 12.3. The van der Waals surface area contributed by atoms with E-state index in [2.05, 4.69) is 20.9 Å². The number of aryl methyl sites for hydroxylation is 2. The van der Waals surface area contributed by atoms with Crippen LogP contribution < -0.4 is 9.64 Å². The van der Waals surface area contributed by atoms with E-state index in [9.17, 15) is 13.2 Å². The van der Waals surface area contributed by atoms with Crippen LogP contribution in [0.1, 0.15) is 41.3 Å². The number of benzene rings is 1. The standard InChI is InChI=1S/C27H27F3N6O/c1-34-15-22(27(28,29)30)32-25(34)17-6-8-18(9-7-17)36-13-11-21-20(14-36)24(33-35(21)2)23-19(16-4-5-16)10-12-31-26(23)37-3/h6-10,12,15-16H,4-5,11,13-14H2,1-3H3. The average Bonchev–Trinajstić information content (AvgIpc) is 3.58. The van der Waals surface area contributed by atoms with Crippen LogP contribution in [0.25, 0.3) is 22.6 Å². The zero-order chi connectivity index (χ0) is 25.9. The molecule has 0 bridgehead atoms. The van der Waals surface area contributed by atoms with Crippen molar-refractivity contribution < 1.29 is 17.9 Å². The van der Waals surface area contributed by atoms with Crippen LogP contribution in [-0.2, 0) is 33.2 Å². The first-order valence-electron chi connectivity index (χ1n) is 12.3. The summed E-state index contributed by atoms with van der Waals surface area (Å²) in [6, 6.07) is 9.62. The molecule has 0 spiro atoms. The summed E-state index contributed by atoms with van der Waals surface area (Å²) in [7, 11) is 5.20. The number of ether oxygens (including phenoxy) is 1. The Morgan fingerprint density at radius 1 is 1.05 bits per heavy atom. The van der Waals surface area contributed by atoms with Gasteiger partial charge >= 0.3 is 6.18 Å². The third kappa shape index (κ3) is 4.14. The lowest BCUT2D eigenvalue weighted by molar-refractivity contribution is -0.140. The van der Waals surface area contributed by atoms with E-state index in [1.54, 1.807) is 20.4 Å². The predicted molar refractivity (Wildman–Crippen MR) is 133 cm³/mol. The highest BCUT2D eigenvalue weighted by atomic mass is 19.4. The van der Waals surface area contributed by atoms with Gasteiger partial charge in [0.25, 0.3) is 0 Å². The highest BCUT2D eigenvalue weighted by Gasteiger charge is 2.35. The summed E-state index contributed by atoms with van der Waals surface area (Å²) in [5.41, 5.74) is 6.23.